The van der Waals surface area contributed by atoms with Crippen LogP contribution in [0.3, 0.4) is 0 Å². The third kappa shape index (κ3) is 5.16. The summed E-state index contributed by atoms with van der Waals surface area (Å²) in [5, 5.41) is 15.9. The van der Waals surface area contributed by atoms with Crippen LogP contribution in [0.1, 0.15) is 17.2 Å². The van der Waals surface area contributed by atoms with Gasteiger partial charge in [-0.3, -0.25) is 15.0 Å². The highest BCUT2D eigenvalue weighted by Crippen LogP contribution is 2.37. The molecule has 1 fully saturated rings. The zero-order valence-corrected chi connectivity index (χ0v) is 22.6. The molecule has 0 aliphatic carbocycles. The number of nitrogens with one attached hydrogen (secondary N) is 1. The molecule has 202 valence electrons. The summed E-state index contributed by atoms with van der Waals surface area (Å²) < 4.78 is 6.20. The number of ether oxygens (including phenoxy) is 1. The van der Waals surface area contributed by atoms with Crippen molar-refractivity contribution in [3.8, 4) is 5.75 Å². The van der Waals surface area contributed by atoms with Gasteiger partial charge in [-0.05, 0) is 29.3 Å². The van der Waals surface area contributed by atoms with Gasteiger partial charge in [0.15, 0.2) is 5.13 Å². The first kappa shape index (κ1) is 25.7. The summed E-state index contributed by atoms with van der Waals surface area (Å²) in [7, 11) is 1.61. The van der Waals surface area contributed by atoms with Gasteiger partial charge in [0.2, 0.25) is 11.6 Å². The molecule has 3 heterocycles. The summed E-state index contributed by atoms with van der Waals surface area (Å²) in [5.74, 6) is 1.15. The number of hydrogen-bond donors (Lipinski definition) is 1. The van der Waals surface area contributed by atoms with Gasteiger partial charge < -0.3 is 15.0 Å². The lowest BCUT2D eigenvalue weighted by Gasteiger charge is -2.40. The molecular formula is C29H27N7O3S. The Hall–Kier alpha value is -4.61. The van der Waals surface area contributed by atoms with E-state index in [2.05, 4.69) is 73.7 Å². The van der Waals surface area contributed by atoms with Gasteiger partial charge in [-0.1, -0.05) is 72.0 Å². The number of nitro groups is 1. The number of thiazole rings is 1. The SMILES string of the molecule is COc1ccc2nc(Nc3ncnc(N4CCN(C(c5ccccc5)c5ccccc5)CC4)c3[N+](=O)[O-])sc2c1. The fourth-order valence-corrected chi connectivity index (χ4v) is 6.02. The summed E-state index contributed by atoms with van der Waals surface area (Å²) in [4.78, 5) is 29.4. The smallest absolute Gasteiger partial charge is 0.353 e. The number of piperazine rings is 1. The highest BCUT2D eigenvalue weighted by atomic mass is 32.1. The van der Waals surface area contributed by atoms with Crippen LogP contribution < -0.4 is 15.0 Å². The first-order valence-electron chi connectivity index (χ1n) is 12.9. The van der Waals surface area contributed by atoms with E-state index >= 15 is 0 Å². The molecule has 5 aromatic rings. The average molecular weight is 554 g/mol. The number of nitrogens with zero attached hydrogens (tertiary/aromatic N) is 6. The lowest BCUT2D eigenvalue weighted by atomic mass is 9.96. The maximum atomic E-state index is 12.3. The number of rotatable bonds is 8. The molecule has 0 amide bonds. The topological polar surface area (TPSA) is 110 Å². The maximum Gasteiger partial charge on any atom is 0.353 e. The third-order valence-electron chi connectivity index (χ3n) is 7.02. The van der Waals surface area contributed by atoms with Crippen molar-refractivity contribution in [3.63, 3.8) is 0 Å². The molecule has 1 saturated heterocycles. The van der Waals surface area contributed by atoms with Crippen LogP contribution in [0.2, 0.25) is 0 Å². The zero-order chi connectivity index (χ0) is 27.5. The van der Waals surface area contributed by atoms with Gasteiger partial charge in [-0.15, -0.1) is 0 Å². The van der Waals surface area contributed by atoms with Crippen LogP contribution in [-0.2, 0) is 0 Å². The lowest BCUT2D eigenvalue weighted by Crippen LogP contribution is -2.48. The van der Waals surface area contributed by atoms with Crippen molar-refractivity contribution < 1.29 is 9.66 Å². The van der Waals surface area contributed by atoms with Crippen molar-refractivity contribution in [3.05, 3.63) is 106 Å². The van der Waals surface area contributed by atoms with E-state index in [0.29, 0.717) is 24.0 Å². The summed E-state index contributed by atoms with van der Waals surface area (Å²) >= 11 is 1.38. The number of benzene rings is 3. The summed E-state index contributed by atoms with van der Waals surface area (Å²) in [6, 6.07) is 26.5. The minimum atomic E-state index is -0.420. The van der Waals surface area contributed by atoms with Gasteiger partial charge in [0.05, 0.1) is 28.3 Å². The van der Waals surface area contributed by atoms with E-state index < -0.39 is 4.92 Å². The van der Waals surface area contributed by atoms with Crippen molar-refractivity contribution in [1.29, 1.82) is 0 Å². The minimum Gasteiger partial charge on any atom is -0.497 e. The number of methoxy groups -OCH3 is 1. The van der Waals surface area contributed by atoms with Crippen molar-refractivity contribution in [1.82, 2.24) is 19.9 Å². The van der Waals surface area contributed by atoms with E-state index in [-0.39, 0.29) is 17.5 Å². The van der Waals surface area contributed by atoms with Gasteiger partial charge in [0.25, 0.3) is 0 Å². The van der Waals surface area contributed by atoms with E-state index in [0.717, 1.165) is 29.1 Å². The molecule has 10 nitrogen and oxygen atoms in total. The molecule has 0 spiro atoms. The molecule has 40 heavy (non-hydrogen) atoms. The Kier molecular flexibility index (Phi) is 7.21. The van der Waals surface area contributed by atoms with E-state index in [1.807, 2.05) is 35.2 Å². The molecule has 1 aliphatic heterocycles. The number of aromatic nitrogens is 3. The number of fused-ring (bicyclic) bond motifs is 1. The maximum absolute atomic E-state index is 12.3. The molecule has 0 saturated carbocycles. The van der Waals surface area contributed by atoms with Crippen LogP contribution in [0, 0.1) is 10.1 Å². The Bertz CT molecular complexity index is 1580. The second-order valence-electron chi connectivity index (χ2n) is 9.38. The molecule has 0 unspecified atom stereocenters. The molecule has 3 aromatic carbocycles. The van der Waals surface area contributed by atoms with Crippen LogP contribution in [0.15, 0.2) is 85.2 Å². The Morgan fingerprint density at radius 1 is 0.950 bits per heavy atom. The van der Waals surface area contributed by atoms with E-state index in [1.165, 1.54) is 28.8 Å². The van der Waals surface area contributed by atoms with Crippen molar-refractivity contribution in [2.24, 2.45) is 0 Å². The first-order chi connectivity index (χ1) is 19.6. The molecule has 1 aliphatic rings. The van der Waals surface area contributed by atoms with Crippen LogP contribution in [0.5, 0.6) is 5.75 Å². The quantitative estimate of drug-likeness (QED) is 0.192. The number of hydrogen-bond acceptors (Lipinski definition) is 10. The summed E-state index contributed by atoms with van der Waals surface area (Å²) in [6.07, 6.45) is 1.37. The molecule has 2 aromatic heterocycles. The third-order valence-corrected chi connectivity index (χ3v) is 7.95. The van der Waals surface area contributed by atoms with Gasteiger partial charge in [0, 0.05) is 26.2 Å². The Morgan fingerprint density at radius 3 is 2.25 bits per heavy atom. The van der Waals surface area contributed by atoms with E-state index in [9.17, 15) is 10.1 Å². The Labute approximate surface area is 235 Å². The summed E-state index contributed by atoms with van der Waals surface area (Å²) in [5.41, 5.74) is 3.05. The molecule has 11 heteroatoms. The van der Waals surface area contributed by atoms with Gasteiger partial charge in [0.1, 0.15) is 12.1 Å². The predicted octanol–water partition coefficient (Wildman–Crippen LogP) is 5.66. The lowest BCUT2D eigenvalue weighted by molar-refractivity contribution is -0.383. The summed E-state index contributed by atoms with van der Waals surface area (Å²) in [6.45, 7) is 2.62. The second kappa shape index (κ2) is 11.2. The molecule has 0 radical (unpaired) electrons. The van der Waals surface area contributed by atoms with Crippen LogP contribution in [-0.4, -0.2) is 58.1 Å². The van der Waals surface area contributed by atoms with Crippen molar-refractivity contribution >= 4 is 44.0 Å². The zero-order valence-electron chi connectivity index (χ0n) is 21.8. The predicted molar refractivity (Wildman–Crippen MR) is 157 cm³/mol. The van der Waals surface area contributed by atoms with Crippen LogP contribution in [0.25, 0.3) is 10.2 Å². The highest BCUT2D eigenvalue weighted by molar-refractivity contribution is 7.22. The minimum absolute atomic E-state index is 0.0971. The molecule has 6 rings (SSSR count). The van der Waals surface area contributed by atoms with Crippen molar-refractivity contribution in [2.75, 3.05) is 43.5 Å². The second-order valence-corrected chi connectivity index (χ2v) is 10.4. The standard InChI is InChI=1S/C29H27N7O3S/c1-39-22-12-13-23-24(18-22)40-29(32-23)33-27-26(36(37)38)28(31-19-30-27)35-16-14-34(15-17-35)25(20-8-4-2-5-9-20)21-10-6-3-7-11-21/h2-13,18-19,25H,14-17H2,1H3,(H,30,31,32,33). The number of anilines is 3. The molecule has 0 atom stereocenters. The van der Waals surface area contributed by atoms with Crippen molar-refractivity contribution in [2.45, 2.75) is 6.04 Å². The molecular weight excluding hydrogens is 526 g/mol. The van der Waals surface area contributed by atoms with E-state index in [1.54, 1.807) is 7.11 Å². The fourth-order valence-electron chi connectivity index (χ4n) is 5.12. The van der Waals surface area contributed by atoms with Gasteiger partial charge in [-0.2, -0.15) is 0 Å². The Morgan fingerprint density at radius 2 is 1.62 bits per heavy atom. The van der Waals surface area contributed by atoms with Crippen LogP contribution >= 0.6 is 11.3 Å². The highest BCUT2D eigenvalue weighted by Gasteiger charge is 2.32. The largest absolute Gasteiger partial charge is 0.497 e. The molecule has 0 bridgehead atoms. The monoisotopic (exact) mass is 553 g/mol. The van der Waals surface area contributed by atoms with Gasteiger partial charge in [-0.25, -0.2) is 15.0 Å². The van der Waals surface area contributed by atoms with Crippen LogP contribution in [0.4, 0.5) is 22.5 Å². The molecule has 1 N–H and O–H groups in total. The fraction of sp³-hybridized carbons (Fsp3) is 0.207. The first-order valence-corrected chi connectivity index (χ1v) is 13.7. The van der Waals surface area contributed by atoms with E-state index in [4.69, 9.17) is 4.74 Å². The normalized spacial score (nSPS) is 14.0. The Balaban J connectivity index is 1.24. The average Bonchev–Trinajstić information content (AvgIpc) is 3.40. The van der Waals surface area contributed by atoms with Gasteiger partial charge >= 0.3 is 5.69 Å².